The summed E-state index contributed by atoms with van der Waals surface area (Å²) in [6, 6.07) is 1.53. The van der Waals surface area contributed by atoms with Gasteiger partial charge in [-0.25, -0.2) is 9.80 Å². The van der Waals surface area contributed by atoms with E-state index in [-0.39, 0.29) is 41.6 Å². The second-order valence-electron chi connectivity index (χ2n) is 11.0. The van der Waals surface area contributed by atoms with Gasteiger partial charge in [-0.3, -0.25) is 19.8 Å². The molecule has 1 aliphatic carbocycles. The van der Waals surface area contributed by atoms with Gasteiger partial charge in [-0.2, -0.15) is 0 Å². The molecule has 1 heterocycles. The predicted octanol–water partition coefficient (Wildman–Crippen LogP) is 4.25. The molecule has 1 fully saturated rings. The number of carbonyl (C=O) groups excluding carboxylic acids is 4. The van der Waals surface area contributed by atoms with Crippen LogP contribution in [0.4, 0.5) is 4.79 Å². The molecule has 2 amide bonds. The molecule has 0 unspecified atom stereocenters. The molecule has 1 aromatic rings. The van der Waals surface area contributed by atoms with Gasteiger partial charge in [0.15, 0.2) is 5.78 Å². The number of hydrazine groups is 1. The Morgan fingerprint density at radius 2 is 1.91 bits per heavy atom. The third-order valence-corrected chi connectivity index (χ3v) is 5.27. The smallest absolute Gasteiger partial charge is 0.429 e. The van der Waals surface area contributed by atoms with Gasteiger partial charge in [0.05, 0.1) is 6.54 Å². The number of ketones is 2. The second-order valence-corrected chi connectivity index (χ2v) is 11.0. The van der Waals surface area contributed by atoms with E-state index >= 15 is 0 Å². The van der Waals surface area contributed by atoms with Crippen LogP contribution in [0.25, 0.3) is 0 Å². The molecule has 1 aliphatic rings. The number of carbonyl (C=O) groups is 4. The lowest BCUT2D eigenvalue weighted by molar-refractivity contribution is -0.132. The van der Waals surface area contributed by atoms with Crippen molar-refractivity contribution in [1.29, 1.82) is 0 Å². The van der Waals surface area contributed by atoms with Crippen LogP contribution in [0.3, 0.4) is 0 Å². The number of nitrogens with zero attached hydrogens (tertiary/aromatic N) is 2. The third-order valence-electron chi connectivity index (χ3n) is 5.27. The van der Waals surface area contributed by atoms with Gasteiger partial charge in [0, 0.05) is 30.7 Å². The van der Waals surface area contributed by atoms with Crippen LogP contribution in [0, 0.1) is 24.2 Å². The van der Waals surface area contributed by atoms with E-state index in [4.69, 9.17) is 9.26 Å². The predicted molar refractivity (Wildman–Crippen MR) is 121 cm³/mol. The molecule has 9 heteroatoms. The van der Waals surface area contributed by atoms with E-state index in [0.717, 1.165) is 11.4 Å². The molecule has 2 rings (SSSR count). The highest BCUT2D eigenvalue weighted by molar-refractivity contribution is 5.97. The summed E-state index contributed by atoms with van der Waals surface area (Å²) in [4.78, 5) is 51.0. The van der Waals surface area contributed by atoms with Gasteiger partial charge in [-0.15, -0.1) is 0 Å². The van der Waals surface area contributed by atoms with Crippen molar-refractivity contribution in [2.75, 3.05) is 6.54 Å². The fourth-order valence-electron chi connectivity index (χ4n) is 3.83. The summed E-state index contributed by atoms with van der Waals surface area (Å²) in [5.41, 5.74) is 1.79. The van der Waals surface area contributed by atoms with Crippen LogP contribution in [0.5, 0.6) is 0 Å². The largest absolute Gasteiger partial charge is 0.442 e. The number of amides is 2. The van der Waals surface area contributed by atoms with Crippen LogP contribution in [-0.2, 0) is 14.3 Å². The normalized spacial score (nSPS) is 17.5. The zero-order valence-electron chi connectivity index (χ0n) is 20.8. The first-order valence-electron chi connectivity index (χ1n) is 11.4. The minimum atomic E-state index is -0.772. The van der Waals surface area contributed by atoms with E-state index in [9.17, 15) is 19.2 Å². The van der Waals surface area contributed by atoms with Crippen molar-refractivity contribution >= 4 is 23.6 Å². The van der Waals surface area contributed by atoms with Gasteiger partial charge < -0.3 is 9.26 Å². The lowest BCUT2D eigenvalue weighted by Crippen LogP contribution is -2.52. The zero-order valence-corrected chi connectivity index (χ0v) is 20.8. The maximum absolute atomic E-state index is 13.3. The summed E-state index contributed by atoms with van der Waals surface area (Å²) in [7, 11) is 0. The lowest BCUT2D eigenvalue weighted by Gasteiger charge is -2.31. The highest BCUT2D eigenvalue weighted by atomic mass is 16.6. The Balaban J connectivity index is 2.20. The molecular formula is C24H37N3O6. The van der Waals surface area contributed by atoms with Gasteiger partial charge in [0.1, 0.15) is 22.8 Å². The van der Waals surface area contributed by atoms with Crippen LogP contribution in [0.1, 0.15) is 89.9 Å². The molecule has 0 aliphatic heterocycles. The van der Waals surface area contributed by atoms with Gasteiger partial charge in [0.25, 0.3) is 0 Å². The van der Waals surface area contributed by atoms with E-state index in [1.807, 2.05) is 20.8 Å². The Morgan fingerprint density at radius 3 is 2.39 bits per heavy atom. The molecule has 0 radical (unpaired) electrons. The highest BCUT2D eigenvalue weighted by Crippen LogP contribution is 2.28. The van der Waals surface area contributed by atoms with Crippen LogP contribution in [0.2, 0.25) is 0 Å². The molecule has 1 N–H and O–H groups in total. The molecule has 9 nitrogen and oxygen atoms in total. The van der Waals surface area contributed by atoms with Crippen LogP contribution in [0.15, 0.2) is 10.6 Å². The Labute approximate surface area is 195 Å². The summed E-state index contributed by atoms with van der Waals surface area (Å²) in [5.74, 6) is -1.27. The van der Waals surface area contributed by atoms with Crippen LogP contribution < -0.4 is 5.43 Å². The maximum atomic E-state index is 13.3. The molecule has 1 aromatic heterocycles. The molecular weight excluding hydrogens is 426 g/mol. The first-order chi connectivity index (χ1) is 15.1. The van der Waals surface area contributed by atoms with Crippen molar-refractivity contribution in [3.8, 4) is 0 Å². The van der Waals surface area contributed by atoms with Crippen molar-refractivity contribution in [3.05, 3.63) is 17.5 Å². The lowest BCUT2D eigenvalue weighted by atomic mass is 9.82. The summed E-state index contributed by atoms with van der Waals surface area (Å²) in [6.07, 6.45) is 1.48. The Bertz CT molecular complexity index is 877. The molecule has 33 heavy (non-hydrogen) atoms. The van der Waals surface area contributed by atoms with Gasteiger partial charge in [-0.1, -0.05) is 25.9 Å². The third kappa shape index (κ3) is 8.63. The van der Waals surface area contributed by atoms with E-state index < -0.39 is 23.5 Å². The standard InChI is InChI=1S/C24H37N3O6/c1-15-11-18(26-33-15)20(29)12-17(13-23(2,3)4)21(30)25-27(22(31)32-24(5,6)7)14-16-9-8-10-19(16)28/h11,16-17H,8-10,12-14H2,1-7H3,(H,25,30)/t16-,17-/m0/s1. The van der Waals surface area contributed by atoms with Crippen molar-refractivity contribution in [1.82, 2.24) is 15.6 Å². The average Bonchev–Trinajstić information content (AvgIpc) is 3.26. The first kappa shape index (κ1) is 26.5. The number of aryl methyl sites for hydroxylation is 1. The van der Waals surface area contributed by atoms with E-state index in [0.29, 0.717) is 25.0 Å². The Kier molecular flexibility index (Phi) is 8.43. The molecule has 0 bridgehead atoms. The van der Waals surface area contributed by atoms with Gasteiger partial charge >= 0.3 is 6.09 Å². The molecule has 0 spiro atoms. The average molecular weight is 464 g/mol. The van der Waals surface area contributed by atoms with Crippen molar-refractivity contribution < 1.29 is 28.4 Å². The van der Waals surface area contributed by atoms with E-state index in [1.165, 1.54) is 6.07 Å². The van der Waals surface area contributed by atoms with Gasteiger partial charge in [-0.05, 0) is 52.4 Å². The molecule has 1 saturated carbocycles. The van der Waals surface area contributed by atoms with Crippen molar-refractivity contribution in [2.24, 2.45) is 17.3 Å². The van der Waals surface area contributed by atoms with E-state index in [2.05, 4.69) is 10.6 Å². The quantitative estimate of drug-likeness (QED) is 0.474. The number of hydrogen-bond donors (Lipinski definition) is 1. The Morgan fingerprint density at radius 1 is 1.24 bits per heavy atom. The summed E-state index contributed by atoms with van der Waals surface area (Å²) in [6.45, 7) is 12.8. The monoisotopic (exact) mass is 463 g/mol. The number of rotatable bonds is 7. The van der Waals surface area contributed by atoms with Crippen molar-refractivity contribution in [2.45, 2.75) is 86.2 Å². The maximum Gasteiger partial charge on any atom is 0.429 e. The molecule has 2 atom stereocenters. The number of nitrogens with one attached hydrogen (secondary N) is 1. The Hall–Kier alpha value is -2.71. The van der Waals surface area contributed by atoms with Crippen LogP contribution in [-0.4, -0.2) is 45.9 Å². The highest BCUT2D eigenvalue weighted by Gasteiger charge is 2.34. The topological polar surface area (TPSA) is 119 Å². The number of aromatic nitrogens is 1. The molecule has 0 saturated heterocycles. The summed E-state index contributed by atoms with van der Waals surface area (Å²) < 4.78 is 10.4. The summed E-state index contributed by atoms with van der Waals surface area (Å²) >= 11 is 0. The fourth-order valence-corrected chi connectivity index (χ4v) is 3.83. The zero-order chi connectivity index (χ0) is 25.0. The SMILES string of the molecule is Cc1cc(C(=O)C[C@@H](CC(C)(C)C)C(=O)NN(C[C@@H]2CCCC2=O)C(=O)OC(C)(C)C)no1. The van der Waals surface area contributed by atoms with E-state index in [1.54, 1.807) is 27.7 Å². The minimum Gasteiger partial charge on any atom is -0.442 e. The molecule has 0 aromatic carbocycles. The number of Topliss-reactive ketones (excluding diaryl/α,β-unsaturated/α-hetero) is 2. The number of ether oxygens (including phenoxy) is 1. The number of hydrogen-bond acceptors (Lipinski definition) is 7. The van der Waals surface area contributed by atoms with Crippen molar-refractivity contribution in [3.63, 3.8) is 0 Å². The molecule has 184 valence electrons. The van der Waals surface area contributed by atoms with Crippen LogP contribution >= 0.6 is 0 Å². The fraction of sp³-hybridized carbons (Fsp3) is 0.708. The second kappa shape index (κ2) is 10.5. The minimum absolute atomic E-state index is 0.0398. The first-order valence-corrected chi connectivity index (χ1v) is 11.4. The summed E-state index contributed by atoms with van der Waals surface area (Å²) in [5, 5.41) is 4.84. The van der Waals surface area contributed by atoms with Gasteiger partial charge in [0.2, 0.25) is 5.91 Å².